The second-order valence-corrected chi connectivity index (χ2v) is 34.7. The average Bonchev–Trinajstić information content (AvgIpc) is 1.59. The topological polar surface area (TPSA) is 331 Å². The summed E-state index contributed by atoms with van der Waals surface area (Å²) in [5, 5.41) is 22.7. The van der Waals surface area contributed by atoms with Crippen LogP contribution in [0.4, 0.5) is 0 Å². The molecule has 0 saturated heterocycles. The van der Waals surface area contributed by atoms with Gasteiger partial charge in [0.15, 0.2) is 35.9 Å². The van der Waals surface area contributed by atoms with Crippen molar-refractivity contribution in [3.05, 3.63) is 231 Å². The fraction of sp³-hybridized carbons (Fsp3) is 0.352. The number of ether oxygens (including phenoxy) is 7. The highest BCUT2D eigenvalue weighted by molar-refractivity contribution is 9.09. The quantitative estimate of drug-likeness (QED) is 0.0108. The first-order valence-corrected chi connectivity index (χ1v) is 40.9. The number of rotatable bonds is 22. The minimum Gasteiger partial charge on any atom is -0.479 e. The summed E-state index contributed by atoms with van der Waals surface area (Å²) in [4.78, 5) is 113. The number of aliphatic carboxylic acids is 1. The van der Waals surface area contributed by atoms with Gasteiger partial charge in [-0.2, -0.15) is 0 Å². The van der Waals surface area contributed by atoms with E-state index >= 15 is 0 Å². The summed E-state index contributed by atoms with van der Waals surface area (Å²) in [5.41, 5.74) is 19.0. The molecule has 10 rings (SSSR count). The molecule has 0 aliphatic carbocycles. The Balaban J connectivity index is 0.000000223. The van der Waals surface area contributed by atoms with Crippen LogP contribution >= 0.6 is 73.9 Å². The summed E-state index contributed by atoms with van der Waals surface area (Å²) in [7, 11) is 3.90. The summed E-state index contributed by atoms with van der Waals surface area (Å²) >= 11 is 33.6. The molecule has 0 aliphatic heterocycles. The van der Waals surface area contributed by atoms with Crippen LogP contribution in [-0.4, -0.2) is 141 Å². The highest BCUT2D eigenvalue weighted by Crippen LogP contribution is 2.45. The van der Waals surface area contributed by atoms with Gasteiger partial charge in [0, 0.05) is 77.5 Å². The molecule has 4 aromatic carbocycles. The fourth-order valence-corrected chi connectivity index (χ4v) is 14.3. The number of Topliss-reactive ketones (excluding diaryl/α,β-unsaturated/α-hetero) is 2. The molecule has 0 bridgehead atoms. The Morgan fingerprint density at radius 1 is 0.421 bits per heavy atom. The third-order valence-electron chi connectivity index (χ3n) is 18.3. The van der Waals surface area contributed by atoms with Crippen LogP contribution in [0, 0.1) is 60.9 Å². The number of carboxylic acids is 2. The van der Waals surface area contributed by atoms with Crippen LogP contribution in [0.1, 0.15) is 206 Å². The van der Waals surface area contributed by atoms with Gasteiger partial charge >= 0.3 is 36.1 Å². The predicted molar refractivity (Wildman–Crippen MR) is 472 cm³/mol. The SMILES string of the molecule is COC(=O)[C@@H](OC(C)(C)C)c1c(C)nc(C(=O)C=[N+]=N)c(C)c1-c1ccc(Cl)cc1.COC(=O)[C@@H](OC(C)(C)C)c1c(C)nc(C(=O)CBr)c(C)c1-c1ccc(Cl)cc1.COC(=O)[C@@H](OC(C)(C)C)c1c(C)nc(C(=O)O)c(C)c1-c1ccc(Cl)cc1.Cc1nc(-c2cn3cc(Cl)ccc3n2)c(C)c(-c2ccc(Cl)cc2)c1[C@H](OC(C)(C)C)C(=O)O. The molecule has 30 heteroatoms. The maximum absolute atomic E-state index is 12.7. The molecule has 0 aliphatic rings. The minimum absolute atomic E-state index is 0.0782. The summed E-state index contributed by atoms with van der Waals surface area (Å²) in [6, 6.07) is 32.1. The van der Waals surface area contributed by atoms with Crippen LogP contribution in [0.2, 0.25) is 25.1 Å². The predicted octanol–water partition coefficient (Wildman–Crippen LogP) is 21.8. The number of imidazole rings is 1. The molecular formula is C91H99BrCl5N8O16+. The molecule has 3 N–H and O–H groups in total. The number of nitrogens with zero attached hydrogens (tertiary/aromatic N) is 7. The molecule has 0 radical (unpaired) electrons. The Kier molecular flexibility index (Phi) is 33.5. The number of carbonyl (C=O) groups excluding carboxylic acids is 5. The van der Waals surface area contributed by atoms with Crippen molar-refractivity contribution in [2.45, 2.75) is 185 Å². The van der Waals surface area contributed by atoms with Crippen LogP contribution in [0.5, 0.6) is 0 Å². The number of nitrogens with one attached hydrogen (secondary N) is 1. The molecule has 10 aromatic rings. The highest BCUT2D eigenvalue weighted by atomic mass is 79.9. The van der Waals surface area contributed by atoms with Crippen molar-refractivity contribution in [3.63, 3.8) is 0 Å². The minimum atomic E-state index is -1.20. The number of carbonyl (C=O) groups is 7. The van der Waals surface area contributed by atoms with Gasteiger partial charge in [0.2, 0.25) is 0 Å². The number of hydrogen-bond donors (Lipinski definition) is 3. The van der Waals surface area contributed by atoms with Crippen molar-refractivity contribution in [3.8, 4) is 55.9 Å². The van der Waals surface area contributed by atoms with Gasteiger partial charge in [-0.3, -0.25) is 14.6 Å². The number of hydrogen-bond acceptors (Lipinski definition) is 20. The van der Waals surface area contributed by atoms with E-state index in [0.717, 1.165) is 45.2 Å². The summed E-state index contributed by atoms with van der Waals surface area (Å²) in [6.45, 7) is 36.1. The van der Waals surface area contributed by atoms with Gasteiger partial charge in [-0.25, -0.2) is 43.9 Å². The molecule has 121 heavy (non-hydrogen) atoms. The average molecular weight is 1820 g/mol. The second kappa shape index (κ2) is 41.3. The first-order chi connectivity index (χ1) is 56.4. The molecular weight excluding hydrogens is 1720 g/mol. The van der Waals surface area contributed by atoms with Crippen LogP contribution in [-0.2, 0) is 52.3 Å². The molecule has 0 unspecified atom stereocenters. The van der Waals surface area contributed by atoms with E-state index in [-0.39, 0.29) is 22.5 Å². The van der Waals surface area contributed by atoms with Gasteiger partial charge in [-0.05, 0) is 266 Å². The molecule has 0 saturated carbocycles. The Hall–Kier alpha value is -9.99. The number of aromatic nitrogens is 6. The van der Waals surface area contributed by atoms with Crippen LogP contribution in [0.15, 0.2) is 122 Å². The zero-order chi connectivity index (χ0) is 90.6. The van der Waals surface area contributed by atoms with E-state index in [4.69, 9.17) is 107 Å². The first-order valence-electron chi connectivity index (χ1n) is 37.9. The van der Waals surface area contributed by atoms with Gasteiger partial charge in [0.05, 0.1) is 70.1 Å². The Morgan fingerprint density at radius 3 is 1.04 bits per heavy atom. The first kappa shape index (κ1) is 98.1. The zero-order valence-electron chi connectivity index (χ0n) is 71.6. The molecule has 0 spiro atoms. The van der Waals surface area contributed by atoms with Crippen LogP contribution in [0.25, 0.3) is 61.5 Å². The number of ketones is 2. The number of pyridine rings is 5. The van der Waals surface area contributed by atoms with Crippen molar-refractivity contribution in [2.24, 2.45) is 0 Å². The standard InChI is InChI=1S/C26H25Cl2N3O3.C22H25BrClNO4.C22H25ClN3O4.C21H24ClNO5/c1-14-21(16-6-8-17(27)9-7-16)22(24(25(32)33)34-26(3,4)5)15(2)29-23(14)19-13-31-12-18(28)10-11-20(31)30-19;1-12-17(14-7-9-15(24)10-8-14)18(13(2)25-19(12)16(26)11-23)20(21(27)28-6)29-22(3,4)5;1-12-17(14-7-9-15(23)10-8-14)18(13(2)26-19(12)16(27)11-25-24)20(21(28)29-6)30-22(3,4)5;1-11-15(13-7-9-14(22)10-8-13)16(12(2)23-17(11)19(24)25)18(20(26)27-6)28-21(3,4)5/h6-13,24H,1-5H3,(H,32,33);7-10,20H,11H2,1-6H3;7-11,20,24H,1-6H3;7-10,18H,1-6H3,(H,24,25)/q;;+1;/t24-;2*20-;18-/m0000/s1. The lowest BCUT2D eigenvalue weighted by Gasteiger charge is -2.29. The third kappa shape index (κ3) is 25.1. The number of fused-ring (bicyclic) bond motifs is 1. The van der Waals surface area contributed by atoms with Crippen molar-refractivity contribution < 1.29 is 81.7 Å². The van der Waals surface area contributed by atoms with E-state index in [1.165, 1.54) is 21.3 Å². The maximum atomic E-state index is 12.7. The highest BCUT2D eigenvalue weighted by Gasteiger charge is 2.39. The van der Waals surface area contributed by atoms with Crippen LogP contribution < -0.4 is 0 Å². The smallest absolute Gasteiger partial charge is 0.379 e. The van der Waals surface area contributed by atoms with E-state index in [1.54, 1.807) is 127 Å². The number of benzene rings is 4. The molecule has 4 atom stereocenters. The van der Waals surface area contributed by atoms with E-state index < -0.39 is 82.4 Å². The second-order valence-electron chi connectivity index (χ2n) is 31.9. The van der Waals surface area contributed by atoms with E-state index in [2.05, 4.69) is 35.7 Å². The van der Waals surface area contributed by atoms with Gasteiger partial charge in [0.1, 0.15) is 22.7 Å². The summed E-state index contributed by atoms with van der Waals surface area (Å²) < 4.78 is 41.0. The lowest BCUT2D eigenvalue weighted by molar-refractivity contribution is -0.164. The Morgan fingerprint density at radius 2 is 0.719 bits per heavy atom. The van der Waals surface area contributed by atoms with Gasteiger partial charge in [-0.1, -0.05) is 122 Å². The fourth-order valence-electron chi connectivity index (χ4n) is 13.4. The van der Waals surface area contributed by atoms with Gasteiger partial charge in [-0.15, -0.1) is 0 Å². The lowest BCUT2D eigenvalue weighted by Crippen LogP contribution is -2.30. The van der Waals surface area contributed by atoms with Crippen LogP contribution in [0.3, 0.4) is 0 Å². The monoisotopic (exact) mass is 1810 g/mol. The Labute approximate surface area is 737 Å². The number of methoxy groups -OCH3 is 3. The van der Waals surface area contributed by atoms with E-state index in [9.17, 15) is 43.8 Å². The molecule has 0 fully saturated rings. The van der Waals surface area contributed by atoms with E-state index in [1.807, 2.05) is 138 Å². The summed E-state index contributed by atoms with van der Waals surface area (Å²) in [6.07, 6.45) is 0.216. The number of halogens is 6. The maximum Gasteiger partial charge on any atom is 0.379 e. The van der Waals surface area contributed by atoms with Gasteiger partial charge < -0.3 is 47.8 Å². The van der Waals surface area contributed by atoms with Crippen molar-refractivity contribution in [2.75, 3.05) is 26.7 Å². The number of esters is 3. The molecule has 6 aromatic heterocycles. The third-order valence-corrected chi connectivity index (χ3v) is 20.0. The largest absolute Gasteiger partial charge is 0.479 e. The number of aromatic carboxylic acids is 1. The van der Waals surface area contributed by atoms with Crippen molar-refractivity contribution in [1.29, 1.82) is 5.53 Å². The Bertz CT molecular complexity index is 5600. The molecule has 24 nitrogen and oxygen atoms in total. The molecule has 640 valence electrons. The number of alkyl halides is 1. The zero-order valence-corrected chi connectivity index (χ0v) is 77.0. The van der Waals surface area contributed by atoms with Crippen molar-refractivity contribution in [1.82, 2.24) is 29.3 Å². The number of aryl methyl sites for hydroxylation is 4. The summed E-state index contributed by atoms with van der Waals surface area (Å²) in [5.74, 6) is -4.55. The lowest BCUT2D eigenvalue weighted by atomic mass is 9.89. The van der Waals surface area contributed by atoms with E-state index in [0.29, 0.717) is 121 Å². The normalized spacial score (nSPS) is 12.5. The number of carboxylic acid groups (broad SMARTS) is 2. The van der Waals surface area contributed by atoms with Gasteiger partial charge in [0.25, 0.3) is 5.78 Å². The van der Waals surface area contributed by atoms with Crippen molar-refractivity contribution >= 4 is 127 Å². The molecule has 0 amide bonds. The molecule has 6 heterocycles.